The fourth-order valence-electron chi connectivity index (χ4n) is 1.79. The van der Waals surface area contributed by atoms with Gasteiger partial charge in [0.25, 0.3) is 11.2 Å². The van der Waals surface area contributed by atoms with Crippen molar-refractivity contribution in [2.75, 3.05) is 12.4 Å². The van der Waals surface area contributed by atoms with E-state index < -0.39 is 4.92 Å². The molecule has 0 aliphatic rings. The Morgan fingerprint density at radius 2 is 2.25 bits per heavy atom. The van der Waals surface area contributed by atoms with Gasteiger partial charge >= 0.3 is 0 Å². The lowest BCUT2D eigenvalue weighted by Gasteiger charge is -2.10. The minimum absolute atomic E-state index is 0.00867. The van der Waals surface area contributed by atoms with Crippen LogP contribution in [-0.2, 0) is 6.54 Å². The molecule has 0 bridgehead atoms. The minimum atomic E-state index is -0.460. The lowest BCUT2D eigenvalue weighted by Crippen LogP contribution is -2.23. The zero-order valence-corrected chi connectivity index (χ0v) is 12.7. The Hall–Kier alpha value is -1.97. The quantitative estimate of drug-likeness (QED) is 0.492. The summed E-state index contributed by atoms with van der Waals surface area (Å²) >= 11 is 1.91. The molecule has 0 unspecified atom stereocenters. The third-order valence-corrected chi connectivity index (χ3v) is 3.51. The number of anilines is 1. The smallest absolute Gasteiger partial charge is 0.269 e. The van der Waals surface area contributed by atoms with Gasteiger partial charge in [-0.2, -0.15) is 0 Å². The summed E-state index contributed by atoms with van der Waals surface area (Å²) in [6.07, 6.45) is 2.90. The molecule has 104 valence electrons. The minimum Gasteiger partial charge on any atom is -0.388 e. The maximum Gasteiger partial charge on any atom is 0.269 e. The number of benzene rings is 1. The van der Waals surface area contributed by atoms with Crippen LogP contribution in [0.5, 0.6) is 0 Å². The van der Waals surface area contributed by atoms with Crippen LogP contribution in [0.15, 0.2) is 35.5 Å². The summed E-state index contributed by atoms with van der Waals surface area (Å²) < 4.78 is 1.92. The number of nitrogens with zero attached hydrogens (tertiary/aromatic N) is 3. The van der Waals surface area contributed by atoms with Gasteiger partial charge in [-0.25, -0.2) is 4.98 Å². The van der Waals surface area contributed by atoms with E-state index in [1.54, 1.807) is 13.1 Å². The van der Waals surface area contributed by atoms with Crippen LogP contribution in [0.2, 0.25) is 0 Å². The van der Waals surface area contributed by atoms with Gasteiger partial charge in [0.2, 0.25) is 0 Å². The van der Waals surface area contributed by atoms with Crippen LogP contribution in [0, 0.1) is 13.7 Å². The number of nitro groups is 1. The zero-order chi connectivity index (χ0) is 14.7. The number of hydrogen-bond donors (Lipinski definition) is 1. The Kier molecular flexibility index (Phi) is 4.32. The SMILES string of the molecule is CNc1ccc([N+](=O)[O-])cc1Cn1cncc(I)c1=O. The Morgan fingerprint density at radius 1 is 1.50 bits per heavy atom. The van der Waals surface area contributed by atoms with Crippen molar-refractivity contribution in [2.24, 2.45) is 0 Å². The molecule has 7 nitrogen and oxygen atoms in total. The van der Waals surface area contributed by atoms with E-state index in [-0.39, 0.29) is 17.8 Å². The molecule has 1 aromatic heterocycles. The first-order valence-electron chi connectivity index (χ1n) is 5.68. The molecule has 0 aliphatic carbocycles. The van der Waals surface area contributed by atoms with Gasteiger partial charge in [-0.05, 0) is 28.7 Å². The third kappa shape index (κ3) is 2.95. The van der Waals surface area contributed by atoms with E-state index in [2.05, 4.69) is 10.3 Å². The van der Waals surface area contributed by atoms with E-state index >= 15 is 0 Å². The number of non-ortho nitro benzene ring substituents is 1. The molecule has 0 spiro atoms. The second-order valence-corrected chi connectivity index (χ2v) is 5.19. The normalized spacial score (nSPS) is 10.3. The molecule has 1 N–H and O–H groups in total. The molecule has 20 heavy (non-hydrogen) atoms. The molecule has 8 heteroatoms. The van der Waals surface area contributed by atoms with Crippen molar-refractivity contribution in [1.82, 2.24) is 9.55 Å². The Balaban J connectivity index is 2.46. The van der Waals surface area contributed by atoms with E-state index in [0.717, 1.165) is 5.69 Å². The van der Waals surface area contributed by atoms with Crippen molar-refractivity contribution >= 4 is 34.0 Å². The standard InChI is InChI=1S/C12H11IN4O3/c1-14-11-3-2-9(17(19)20)4-8(11)6-16-7-15-5-10(13)12(16)18/h2-5,7,14H,6H2,1H3. The lowest BCUT2D eigenvalue weighted by atomic mass is 10.1. The van der Waals surface area contributed by atoms with Crippen LogP contribution in [0.4, 0.5) is 11.4 Å². The summed E-state index contributed by atoms with van der Waals surface area (Å²) in [6.45, 7) is 0.223. The monoisotopic (exact) mass is 386 g/mol. The van der Waals surface area contributed by atoms with Crippen LogP contribution in [-0.4, -0.2) is 21.5 Å². The molecular weight excluding hydrogens is 375 g/mol. The second-order valence-electron chi connectivity index (χ2n) is 4.02. The highest BCUT2D eigenvalue weighted by Gasteiger charge is 2.11. The Bertz CT molecular complexity index is 714. The van der Waals surface area contributed by atoms with Gasteiger partial charge in [0.15, 0.2) is 0 Å². The lowest BCUT2D eigenvalue weighted by molar-refractivity contribution is -0.384. The maximum atomic E-state index is 12.0. The summed E-state index contributed by atoms with van der Waals surface area (Å²) in [6, 6.07) is 4.50. The average Bonchev–Trinajstić information content (AvgIpc) is 2.43. The van der Waals surface area contributed by atoms with Gasteiger partial charge in [0.1, 0.15) is 0 Å². The highest BCUT2D eigenvalue weighted by Crippen LogP contribution is 2.22. The van der Waals surface area contributed by atoms with Crippen molar-refractivity contribution in [2.45, 2.75) is 6.54 Å². The van der Waals surface area contributed by atoms with E-state index in [0.29, 0.717) is 9.13 Å². The molecule has 0 saturated carbocycles. The fourth-order valence-corrected chi connectivity index (χ4v) is 2.26. The third-order valence-electron chi connectivity index (χ3n) is 2.77. The first-order chi connectivity index (χ1) is 9.52. The van der Waals surface area contributed by atoms with E-state index in [9.17, 15) is 14.9 Å². The fraction of sp³-hybridized carbons (Fsp3) is 0.167. The number of aromatic nitrogens is 2. The predicted octanol–water partition coefficient (Wildman–Crippen LogP) is 1.85. The van der Waals surface area contributed by atoms with Crippen molar-refractivity contribution in [3.8, 4) is 0 Å². The van der Waals surface area contributed by atoms with Crippen molar-refractivity contribution in [1.29, 1.82) is 0 Å². The van der Waals surface area contributed by atoms with Gasteiger partial charge in [0.05, 0.1) is 21.4 Å². The summed E-state index contributed by atoms with van der Waals surface area (Å²) in [7, 11) is 1.72. The van der Waals surface area contributed by atoms with Crippen LogP contribution in [0.3, 0.4) is 0 Å². The van der Waals surface area contributed by atoms with Crippen LogP contribution in [0.25, 0.3) is 0 Å². The zero-order valence-electron chi connectivity index (χ0n) is 10.5. The largest absolute Gasteiger partial charge is 0.388 e. The molecule has 2 rings (SSSR count). The van der Waals surface area contributed by atoms with Gasteiger partial charge < -0.3 is 5.32 Å². The molecule has 1 aromatic carbocycles. The number of rotatable bonds is 4. The molecule has 0 amide bonds. The van der Waals surface area contributed by atoms with Gasteiger partial charge in [-0.3, -0.25) is 19.5 Å². The predicted molar refractivity (Wildman–Crippen MR) is 83.0 cm³/mol. The second kappa shape index (κ2) is 5.99. The van der Waals surface area contributed by atoms with Crippen molar-refractivity contribution in [3.63, 3.8) is 0 Å². The maximum absolute atomic E-state index is 12.0. The number of nitro benzene ring substituents is 1. The highest BCUT2D eigenvalue weighted by molar-refractivity contribution is 14.1. The molecule has 0 radical (unpaired) electrons. The van der Waals surface area contributed by atoms with Crippen LogP contribution in [0.1, 0.15) is 5.56 Å². The molecular formula is C12H11IN4O3. The van der Waals surface area contributed by atoms with Crippen LogP contribution < -0.4 is 10.9 Å². The Labute approximate surface area is 127 Å². The van der Waals surface area contributed by atoms with Crippen molar-refractivity contribution < 1.29 is 4.92 Å². The molecule has 0 fully saturated rings. The Morgan fingerprint density at radius 3 is 2.90 bits per heavy atom. The first-order valence-corrected chi connectivity index (χ1v) is 6.76. The molecule has 0 atom stereocenters. The van der Waals surface area contributed by atoms with E-state index in [4.69, 9.17) is 0 Å². The summed E-state index contributed by atoms with van der Waals surface area (Å²) in [5, 5.41) is 13.8. The van der Waals surface area contributed by atoms with Crippen molar-refractivity contribution in [3.05, 3.63) is 60.3 Å². The average molecular weight is 386 g/mol. The highest BCUT2D eigenvalue weighted by atomic mass is 127. The summed E-state index contributed by atoms with van der Waals surface area (Å²) in [5.74, 6) is 0. The van der Waals surface area contributed by atoms with Gasteiger partial charge in [-0.1, -0.05) is 0 Å². The molecule has 1 heterocycles. The number of nitrogens with one attached hydrogen (secondary N) is 1. The summed E-state index contributed by atoms with van der Waals surface area (Å²) in [4.78, 5) is 26.3. The first kappa shape index (κ1) is 14.4. The number of halogens is 1. The molecule has 2 aromatic rings. The van der Waals surface area contributed by atoms with Crippen LogP contribution >= 0.6 is 22.6 Å². The van der Waals surface area contributed by atoms with Gasteiger partial charge in [-0.15, -0.1) is 0 Å². The van der Waals surface area contributed by atoms with Gasteiger partial charge in [0, 0.05) is 36.6 Å². The van der Waals surface area contributed by atoms with E-state index in [1.165, 1.54) is 29.2 Å². The number of hydrogen-bond acceptors (Lipinski definition) is 5. The molecule has 0 aliphatic heterocycles. The summed E-state index contributed by atoms with van der Waals surface area (Å²) in [5.41, 5.74) is 1.22. The topological polar surface area (TPSA) is 90.1 Å². The van der Waals surface area contributed by atoms with E-state index in [1.807, 2.05) is 22.6 Å². The molecule has 0 saturated heterocycles.